The Morgan fingerprint density at radius 3 is 2.70 bits per heavy atom. The molecule has 1 heterocycles. The predicted octanol–water partition coefficient (Wildman–Crippen LogP) is 3.87. The van der Waals surface area contributed by atoms with Gasteiger partial charge in [-0.05, 0) is 36.6 Å². The molecule has 108 valence electrons. The summed E-state index contributed by atoms with van der Waals surface area (Å²) in [6.45, 7) is 6.66. The number of halogens is 1. The molecule has 2 N–H and O–H groups in total. The molecule has 1 aromatic carbocycles. The highest BCUT2D eigenvalue weighted by Gasteiger charge is 2.16. The van der Waals surface area contributed by atoms with E-state index in [0.29, 0.717) is 18.3 Å². The third-order valence-corrected chi connectivity index (χ3v) is 3.79. The largest absolute Gasteiger partial charge is 0.439 e. The molecular weight excluding hydrogens is 318 g/mol. The van der Waals surface area contributed by atoms with E-state index in [4.69, 9.17) is 10.5 Å². The van der Waals surface area contributed by atoms with Crippen LogP contribution < -0.4 is 10.5 Å². The van der Waals surface area contributed by atoms with E-state index in [1.807, 2.05) is 26.1 Å². The topological polar surface area (TPSA) is 53.1 Å². The molecular formula is C15H20BrN3O. The standard InChI is InChI=1S/C15H20BrN3O/c1-9(2)12-7-11(16)5-6-14(12)20-15-13(8-17)10(3)18-19(15)4/h5-7,9H,8,17H2,1-4H3. The number of aromatic nitrogens is 2. The second-order valence-corrected chi connectivity index (χ2v) is 6.05. The molecule has 0 unspecified atom stereocenters. The number of nitrogens with zero attached hydrogens (tertiary/aromatic N) is 2. The maximum absolute atomic E-state index is 6.10. The number of aryl methyl sites for hydroxylation is 2. The quantitative estimate of drug-likeness (QED) is 0.921. The smallest absolute Gasteiger partial charge is 0.222 e. The number of ether oxygens (including phenoxy) is 1. The van der Waals surface area contributed by atoms with Gasteiger partial charge in [-0.25, -0.2) is 4.68 Å². The lowest BCUT2D eigenvalue weighted by atomic mass is 10.0. The molecule has 5 heteroatoms. The fraction of sp³-hybridized carbons (Fsp3) is 0.400. The molecule has 0 bridgehead atoms. The van der Waals surface area contributed by atoms with E-state index >= 15 is 0 Å². The molecule has 20 heavy (non-hydrogen) atoms. The SMILES string of the molecule is Cc1nn(C)c(Oc2ccc(Br)cc2C(C)C)c1CN. The van der Waals surface area contributed by atoms with Crippen LogP contribution in [0.2, 0.25) is 0 Å². The molecule has 0 amide bonds. The van der Waals surface area contributed by atoms with E-state index in [0.717, 1.165) is 27.0 Å². The highest BCUT2D eigenvalue weighted by atomic mass is 79.9. The van der Waals surface area contributed by atoms with E-state index in [2.05, 4.69) is 40.9 Å². The minimum Gasteiger partial charge on any atom is -0.439 e. The van der Waals surface area contributed by atoms with Crippen molar-refractivity contribution in [2.24, 2.45) is 12.8 Å². The molecule has 4 nitrogen and oxygen atoms in total. The van der Waals surface area contributed by atoms with Crippen molar-refractivity contribution in [3.63, 3.8) is 0 Å². The van der Waals surface area contributed by atoms with Gasteiger partial charge >= 0.3 is 0 Å². The number of hydrogen-bond acceptors (Lipinski definition) is 3. The van der Waals surface area contributed by atoms with E-state index in [-0.39, 0.29) is 0 Å². The molecule has 0 aliphatic heterocycles. The summed E-state index contributed by atoms with van der Waals surface area (Å²) in [5.74, 6) is 1.94. The van der Waals surface area contributed by atoms with Crippen molar-refractivity contribution < 1.29 is 4.74 Å². The number of nitrogens with two attached hydrogens (primary N) is 1. The number of rotatable bonds is 4. The molecule has 2 rings (SSSR count). The first-order valence-corrected chi connectivity index (χ1v) is 7.43. The monoisotopic (exact) mass is 337 g/mol. The van der Waals surface area contributed by atoms with Crippen LogP contribution in [0.3, 0.4) is 0 Å². The zero-order valence-electron chi connectivity index (χ0n) is 12.3. The molecule has 0 saturated carbocycles. The Hall–Kier alpha value is -1.33. The van der Waals surface area contributed by atoms with Crippen molar-refractivity contribution in [1.82, 2.24) is 9.78 Å². The fourth-order valence-electron chi connectivity index (χ4n) is 2.21. The van der Waals surface area contributed by atoms with Crippen LogP contribution in [0.1, 0.15) is 36.6 Å². The Bertz CT molecular complexity index is 620. The Balaban J connectivity index is 2.45. The third kappa shape index (κ3) is 2.88. The van der Waals surface area contributed by atoms with Gasteiger partial charge in [-0.1, -0.05) is 29.8 Å². The van der Waals surface area contributed by atoms with E-state index in [1.54, 1.807) is 4.68 Å². The van der Waals surface area contributed by atoms with Crippen LogP contribution in [0.15, 0.2) is 22.7 Å². The summed E-state index contributed by atoms with van der Waals surface area (Å²) in [6, 6.07) is 6.04. The van der Waals surface area contributed by atoms with Crippen LogP contribution in [0.25, 0.3) is 0 Å². The van der Waals surface area contributed by atoms with Crippen LogP contribution >= 0.6 is 15.9 Å². The van der Waals surface area contributed by atoms with Crippen LogP contribution in [-0.2, 0) is 13.6 Å². The summed E-state index contributed by atoms with van der Waals surface area (Å²) < 4.78 is 8.89. The van der Waals surface area contributed by atoms with Gasteiger partial charge < -0.3 is 10.5 Å². The van der Waals surface area contributed by atoms with Crippen molar-refractivity contribution in [1.29, 1.82) is 0 Å². The second-order valence-electron chi connectivity index (χ2n) is 5.14. The Morgan fingerprint density at radius 1 is 1.40 bits per heavy atom. The molecule has 0 atom stereocenters. The van der Waals surface area contributed by atoms with Crippen molar-refractivity contribution in [2.75, 3.05) is 0 Å². The summed E-state index contributed by atoms with van der Waals surface area (Å²) in [5, 5.41) is 4.37. The molecule has 0 spiro atoms. The summed E-state index contributed by atoms with van der Waals surface area (Å²) in [5.41, 5.74) is 8.81. The lowest BCUT2D eigenvalue weighted by Gasteiger charge is -2.15. The summed E-state index contributed by atoms with van der Waals surface area (Å²) in [6.07, 6.45) is 0. The summed E-state index contributed by atoms with van der Waals surface area (Å²) >= 11 is 3.50. The van der Waals surface area contributed by atoms with Crippen molar-refractivity contribution in [3.05, 3.63) is 39.5 Å². The van der Waals surface area contributed by atoms with Gasteiger partial charge in [-0.15, -0.1) is 0 Å². The average Bonchev–Trinajstić information content (AvgIpc) is 2.65. The Morgan fingerprint density at radius 2 is 2.10 bits per heavy atom. The Labute approximate surface area is 128 Å². The van der Waals surface area contributed by atoms with Gasteiger partial charge in [0.05, 0.1) is 11.3 Å². The van der Waals surface area contributed by atoms with Crippen molar-refractivity contribution in [2.45, 2.75) is 33.2 Å². The van der Waals surface area contributed by atoms with Crippen LogP contribution in [0.5, 0.6) is 11.6 Å². The second kappa shape index (κ2) is 5.97. The van der Waals surface area contributed by atoms with Gasteiger partial charge in [-0.2, -0.15) is 5.10 Å². The average molecular weight is 338 g/mol. The van der Waals surface area contributed by atoms with Gasteiger partial charge in [-0.3, -0.25) is 0 Å². The highest BCUT2D eigenvalue weighted by molar-refractivity contribution is 9.10. The zero-order chi connectivity index (χ0) is 14.9. The predicted molar refractivity (Wildman–Crippen MR) is 84.1 cm³/mol. The zero-order valence-corrected chi connectivity index (χ0v) is 13.9. The van der Waals surface area contributed by atoms with E-state index in [1.165, 1.54) is 0 Å². The Kier molecular flexibility index (Phi) is 4.50. The van der Waals surface area contributed by atoms with Crippen LogP contribution in [-0.4, -0.2) is 9.78 Å². The minimum absolute atomic E-state index is 0.373. The molecule has 2 aromatic rings. The maximum Gasteiger partial charge on any atom is 0.222 e. The van der Waals surface area contributed by atoms with Crippen LogP contribution in [0, 0.1) is 6.92 Å². The number of benzene rings is 1. The summed E-state index contributed by atoms with van der Waals surface area (Å²) in [7, 11) is 1.87. The molecule has 0 aliphatic carbocycles. The van der Waals surface area contributed by atoms with Gasteiger partial charge in [0.15, 0.2) is 0 Å². The van der Waals surface area contributed by atoms with Crippen molar-refractivity contribution in [3.8, 4) is 11.6 Å². The first-order chi connectivity index (χ1) is 9.43. The van der Waals surface area contributed by atoms with Gasteiger partial charge in [0.2, 0.25) is 5.88 Å². The lowest BCUT2D eigenvalue weighted by molar-refractivity contribution is 0.419. The maximum atomic E-state index is 6.10. The fourth-order valence-corrected chi connectivity index (χ4v) is 2.59. The number of hydrogen-bond donors (Lipinski definition) is 1. The van der Waals surface area contributed by atoms with E-state index < -0.39 is 0 Å². The van der Waals surface area contributed by atoms with Gasteiger partial charge in [0.1, 0.15) is 5.75 Å². The van der Waals surface area contributed by atoms with Crippen LogP contribution in [0.4, 0.5) is 0 Å². The first kappa shape index (κ1) is 15.1. The third-order valence-electron chi connectivity index (χ3n) is 3.29. The minimum atomic E-state index is 0.373. The molecule has 0 fully saturated rings. The van der Waals surface area contributed by atoms with Crippen molar-refractivity contribution >= 4 is 15.9 Å². The lowest BCUT2D eigenvalue weighted by Crippen LogP contribution is -2.03. The molecule has 0 aliphatic rings. The van der Waals surface area contributed by atoms with E-state index in [9.17, 15) is 0 Å². The molecule has 0 radical (unpaired) electrons. The normalized spacial score (nSPS) is 11.2. The molecule has 0 saturated heterocycles. The van der Waals surface area contributed by atoms with Gasteiger partial charge in [0, 0.05) is 18.1 Å². The first-order valence-electron chi connectivity index (χ1n) is 6.63. The highest BCUT2D eigenvalue weighted by Crippen LogP contribution is 2.34. The van der Waals surface area contributed by atoms with Gasteiger partial charge in [0.25, 0.3) is 0 Å². The summed E-state index contributed by atoms with van der Waals surface area (Å²) in [4.78, 5) is 0. The molecule has 1 aromatic heterocycles.